The number of rotatable bonds is 10. The van der Waals surface area contributed by atoms with E-state index in [1.54, 1.807) is 18.2 Å². The van der Waals surface area contributed by atoms with Crippen LogP contribution in [-0.4, -0.2) is 52.2 Å². The number of sulfone groups is 1. The molecule has 29 heavy (non-hydrogen) atoms. The molecule has 2 aromatic rings. The second-order valence-corrected chi connectivity index (χ2v) is 9.96. The Bertz CT molecular complexity index is 917. The SMILES string of the molecule is CC(NC(=O)CN(C)CCCOc1cccc(S(C)(=O)=O)c1)c1ccc(Br)cc1. The molecule has 0 aliphatic rings. The van der Waals surface area contributed by atoms with Crippen LogP contribution >= 0.6 is 15.9 Å². The summed E-state index contributed by atoms with van der Waals surface area (Å²) < 4.78 is 29.8. The largest absolute Gasteiger partial charge is 0.494 e. The molecule has 0 aromatic heterocycles. The van der Waals surface area contributed by atoms with E-state index >= 15 is 0 Å². The fourth-order valence-corrected chi connectivity index (χ4v) is 3.69. The number of hydrogen-bond donors (Lipinski definition) is 1. The zero-order valence-corrected chi connectivity index (χ0v) is 19.3. The number of carbonyl (C=O) groups is 1. The lowest BCUT2D eigenvalue weighted by Crippen LogP contribution is -2.37. The molecule has 0 saturated heterocycles. The van der Waals surface area contributed by atoms with Gasteiger partial charge in [-0.1, -0.05) is 34.1 Å². The number of ether oxygens (including phenoxy) is 1. The Labute approximate surface area is 181 Å². The number of carbonyl (C=O) groups excluding carboxylic acids is 1. The first-order valence-electron chi connectivity index (χ1n) is 9.31. The average Bonchev–Trinajstić information content (AvgIpc) is 2.65. The fraction of sp³-hybridized carbons (Fsp3) is 0.381. The summed E-state index contributed by atoms with van der Waals surface area (Å²) in [5, 5.41) is 3.00. The van der Waals surface area contributed by atoms with E-state index in [0.717, 1.165) is 16.5 Å². The summed E-state index contributed by atoms with van der Waals surface area (Å²) in [6.07, 6.45) is 1.89. The molecule has 0 aliphatic heterocycles. The summed E-state index contributed by atoms with van der Waals surface area (Å²) in [6, 6.07) is 14.3. The van der Waals surface area contributed by atoms with Gasteiger partial charge in [-0.05, 0) is 56.3 Å². The number of amides is 1. The van der Waals surface area contributed by atoms with Crippen molar-refractivity contribution >= 4 is 31.7 Å². The molecule has 1 unspecified atom stereocenters. The number of benzene rings is 2. The lowest BCUT2D eigenvalue weighted by Gasteiger charge is -2.19. The van der Waals surface area contributed by atoms with Gasteiger partial charge < -0.3 is 10.1 Å². The first-order chi connectivity index (χ1) is 13.6. The predicted octanol–water partition coefficient (Wildman–Crippen LogP) is 3.43. The molecule has 1 amide bonds. The van der Waals surface area contributed by atoms with Crippen molar-refractivity contribution in [1.82, 2.24) is 10.2 Å². The highest BCUT2D eigenvalue weighted by atomic mass is 79.9. The van der Waals surface area contributed by atoms with Crippen molar-refractivity contribution < 1.29 is 17.9 Å². The maximum atomic E-state index is 12.2. The molecule has 1 atom stereocenters. The third-order valence-electron chi connectivity index (χ3n) is 4.35. The van der Waals surface area contributed by atoms with Crippen LogP contribution < -0.4 is 10.1 Å². The Kier molecular flexibility index (Phi) is 8.67. The standard InChI is InChI=1S/C21H27BrN2O4S/c1-16(17-8-10-18(22)11-9-17)23-21(25)15-24(2)12-5-13-28-19-6-4-7-20(14-19)29(3,26)27/h4,6-11,14,16H,5,12-13,15H2,1-3H3,(H,23,25). The van der Waals surface area contributed by atoms with Crippen LogP contribution in [0, 0.1) is 0 Å². The Balaban J connectivity index is 1.71. The van der Waals surface area contributed by atoms with Crippen molar-refractivity contribution in [2.24, 2.45) is 0 Å². The van der Waals surface area contributed by atoms with Gasteiger partial charge in [-0.15, -0.1) is 0 Å². The van der Waals surface area contributed by atoms with E-state index in [1.165, 1.54) is 12.3 Å². The van der Waals surface area contributed by atoms with Crippen molar-refractivity contribution in [2.75, 3.05) is 33.0 Å². The van der Waals surface area contributed by atoms with Gasteiger partial charge in [-0.2, -0.15) is 0 Å². The Morgan fingerprint density at radius 2 is 1.90 bits per heavy atom. The smallest absolute Gasteiger partial charge is 0.234 e. The topological polar surface area (TPSA) is 75.7 Å². The molecular formula is C21H27BrN2O4S. The van der Waals surface area contributed by atoms with Crippen molar-refractivity contribution in [3.8, 4) is 5.75 Å². The van der Waals surface area contributed by atoms with Gasteiger partial charge in [-0.25, -0.2) is 8.42 Å². The summed E-state index contributed by atoms with van der Waals surface area (Å²) in [6.45, 7) is 3.38. The molecule has 0 bridgehead atoms. The van der Waals surface area contributed by atoms with Crippen LogP contribution in [0.2, 0.25) is 0 Å². The van der Waals surface area contributed by atoms with Crippen LogP contribution in [0.4, 0.5) is 0 Å². The van der Waals surface area contributed by atoms with E-state index in [0.29, 0.717) is 25.4 Å². The van der Waals surface area contributed by atoms with E-state index in [4.69, 9.17) is 4.74 Å². The molecule has 2 aromatic carbocycles. The minimum atomic E-state index is -3.25. The number of nitrogens with one attached hydrogen (secondary N) is 1. The first-order valence-corrected chi connectivity index (χ1v) is 12.0. The Morgan fingerprint density at radius 1 is 1.21 bits per heavy atom. The molecule has 158 valence electrons. The molecule has 0 aliphatic carbocycles. The summed E-state index contributed by atoms with van der Waals surface area (Å²) in [5.74, 6) is 0.487. The quantitative estimate of drug-likeness (QED) is 0.525. The van der Waals surface area contributed by atoms with E-state index in [1.807, 2.05) is 43.1 Å². The zero-order chi connectivity index (χ0) is 21.4. The van der Waals surface area contributed by atoms with Crippen LogP contribution in [0.1, 0.15) is 24.9 Å². The van der Waals surface area contributed by atoms with Gasteiger partial charge in [0.1, 0.15) is 5.75 Å². The predicted molar refractivity (Wildman–Crippen MR) is 118 cm³/mol. The van der Waals surface area contributed by atoms with E-state index in [9.17, 15) is 13.2 Å². The van der Waals surface area contributed by atoms with Gasteiger partial charge in [0.15, 0.2) is 9.84 Å². The van der Waals surface area contributed by atoms with Gasteiger partial charge in [0.05, 0.1) is 24.1 Å². The van der Waals surface area contributed by atoms with Gasteiger partial charge in [0.2, 0.25) is 5.91 Å². The normalized spacial score (nSPS) is 12.6. The number of likely N-dealkylation sites (N-methyl/N-ethyl adjacent to an activating group) is 1. The molecule has 2 rings (SSSR count). The van der Waals surface area contributed by atoms with Gasteiger partial charge in [-0.3, -0.25) is 9.69 Å². The van der Waals surface area contributed by atoms with E-state index in [2.05, 4.69) is 21.2 Å². The molecule has 0 saturated carbocycles. The second kappa shape index (κ2) is 10.8. The molecule has 0 heterocycles. The Hall–Kier alpha value is -1.90. The zero-order valence-electron chi connectivity index (χ0n) is 16.9. The molecule has 0 spiro atoms. The molecule has 1 N–H and O–H groups in total. The maximum Gasteiger partial charge on any atom is 0.234 e. The van der Waals surface area contributed by atoms with Crippen LogP contribution in [0.3, 0.4) is 0 Å². The monoisotopic (exact) mass is 482 g/mol. The van der Waals surface area contributed by atoms with Gasteiger partial charge in [0, 0.05) is 17.3 Å². The number of halogens is 1. The number of nitrogens with zero attached hydrogens (tertiary/aromatic N) is 1. The second-order valence-electron chi connectivity index (χ2n) is 7.03. The van der Waals surface area contributed by atoms with Gasteiger partial charge in [0.25, 0.3) is 0 Å². The summed E-state index contributed by atoms with van der Waals surface area (Å²) in [4.78, 5) is 14.4. The van der Waals surface area contributed by atoms with Crippen LogP contribution in [-0.2, 0) is 14.6 Å². The fourth-order valence-electron chi connectivity index (χ4n) is 2.77. The molecule has 6 nitrogen and oxygen atoms in total. The third kappa shape index (κ3) is 8.16. The highest BCUT2D eigenvalue weighted by Crippen LogP contribution is 2.18. The highest BCUT2D eigenvalue weighted by molar-refractivity contribution is 9.10. The molecule has 8 heteroatoms. The number of hydrogen-bond acceptors (Lipinski definition) is 5. The molecular weight excluding hydrogens is 456 g/mol. The van der Waals surface area contributed by atoms with E-state index < -0.39 is 9.84 Å². The Morgan fingerprint density at radius 3 is 2.55 bits per heavy atom. The lowest BCUT2D eigenvalue weighted by molar-refractivity contribution is -0.122. The molecule has 0 fully saturated rings. The van der Waals surface area contributed by atoms with Crippen LogP contribution in [0.25, 0.3) is 0 Å². The average molecular weight is 483 g/mol. The maximum absolute atomic E-state index is 12.2. The third-order valence-corrected chi connectivity index (χ3v) is 5.99. The first kappa shape index (κ1) is 23.4. The van der Waals surface area contributed by atoms with Crippen LogP contribution in [0.5, 0.6) is 5.75 Å². The van der Waals surface area contributed by atoms with Crippen molar-refractivity contribution in [3.63, 3.8) is 0 Å². The summed E-state index contributed by atoms with van der Waals surface area (Å²) >= 11 is 3.40. The van der Waals surface area contributed by atoms with Crippen molar-refractivity contribution in [3.05, 3.63) is 58.6 Å². The van der Waals surface area contributed by atoms with Crippen LogP contribution in [0.15, 0.2) is 57.9 Å². The highest BCUT2D eigenvalue weighted by Gasteiger charge is 2.12. The minimum Gasteiger partial charge on any atom is -0.494 e. The van der Waals surface area contributed by atoms with Crippen molar-refractivity contribution in [2.45, 2.75) is 24.3 Å². The van der Waals surface area contributed by atoms with Crippen molar-refractivity contribution in [1.29, 1.82) is 0 Å². The van der Waals surface area contributed by atoms with Gasteiger partial charge >= 0.3 is 0 Å². The lowest BCUT2D eigenvalue weighted by atomic mass is 10.1. The minimum absolute atomic E-state index is 0.0373. The summed E-state index contributed by atoms with van der Waals surface area (Å²) in [5.41, 5.74) is 1.05. The summed E-state index contributed by atoms with van der Waals surface area (Å²) in [7, 11) is -1.37. The van der Waals surface area contributed by atoms with E-state index in [-0.39, 0.29) is 16.8 Å². The molecule has 0 radical (unpaired) electrons.